The summed E-state index contributed by atoms with van der Waals surface area (Å²) >= 11 is 0.940. The van der Waals surface area contributed by atoms with Gasteiger partial charge in [-0.3, -0.25) is 28.8 Å². The average molecular weight is 693 g/mol. The number of carboxylic acids is 2. The van der Waals surface area contributed by atoms with Gasteiger partial charge in [0.15, 0.2) is 0 Å². The van der Waals surface area contributed by atoms with E-state index in [4.69, 9.17) is 20.7 Å². The Morgan fingerprint density at radius 2 is 1.55 bits per heavy atom. The van der Waals surface area contributed by atoms with Gasteiger partial charge in [0.25, 0.3) is 0 Å². The van der Waals surface area contributed by atoms with Crippen LogP contribution in [0.5, 0.6) is 23.0 Å². The minimum atomic E-state index is -1.32. The van der Waals surface area contributed by atoms with Gasteiger partial charge in [0, 0.05) is 47.8 Å². The van der Waals surface area contributed by atoms with Crippen LogP contribution >= 0.6 is 11.8 Å². The summed E-state index contributed by atoms with van der Waals surface area (Å²) in [5, 5.41) is 41.6. The Morgan fingerprint density at radius 3 is 2.12 bits per heavy atom. The van der Waals surface area contributed by atoms with Crippen molar-refractivity contribution < 1.29 is 53.9 Å². The van der Waals surface area contributed by atoms with Crippen molar-refractivity contribution >= 4 is 53.0 Å². The summed E-state index contributed by atoms with van der Waals surface area (Å²) in [7, 11) is 0. The molecule has 2 aliphatic rings. The van der Waals surface area contributed by atoms with Gasteiger partial charge in [0.1, 0.15) is 41.6 Å². The summed E-state index contributed by atoms with van der Waals surface area (Å²) in [6, 6.07) is 13.7. The number of aromatic hydroxyl groups is 2. The monoisotopic (exact) mass is 692 g/mol. The van der Waals surface area contributed by atoms with Crippen molar-refractivity contribution in [3.8, 4) is 23.0 Å². The molecule has 2 aliphatic heterocycles. The lowest BCUT2D eigenvalue weighted by Gasteiger charge is -2.29. The summed E-state index contributed by atoms with van der Waals surface area (Å²) in [5.41, 5.74) is 8.04. The second kappa shape index (κ2) is 14.7. The van der Waals surface area contributed by atoms with Crippen molar-refractivity contribution in [2.24, 2.45) is 5.73 Å². The van der Waals surface area contributed by atoms with Crippen LogP contribution in [-0.4, -0.2) is 85.6 Å². The van der Waals surface area contributed by atoms with Crippen LogP contribution in [0, 0.1) is 0 Å². The Hall–Kier alpha value is -5.61. The Balaban J connectivity index is 1.29. The van der Waals surface area contributed by atoms with Gasteiger partial charge >= 0.3 is 11.9 Å². The fourth-order valence-electron chi connectivity index (χ4n) is 5.52. The summed E-state index contributed by atoms with van der Waals surface area (Å²) in [6.45, 7) is -0.722. The molecule has 0 aliphatic carbocycles. The van der Waals surface area contributed by atoms with E-state index in [2.05, 4.69) is 10.6 Å². The molecule has 16 heteroatoms. The maximum atomic E-state index is 13.4. The third-order valence-corrected chi connectivity index (χ3v) is 9.25. The molecular weight excluding hydrogens is 660 g/mol. The van der Waals surface area contributed by atoms with Crippen molar-refractivity contribution in [2.45, 2.75) is 42.5 Å². The van der Waals surface area contributed by atoms with E-state index in [0.717, 1.165) is 33.4 Å². The highest BCUT2D eigenvalue weighted by atomic mass is 32.2. The molecule has 2 heterocycles. The lowest BCUT2D eigenvalue weighted by atomic mass is 9.82. The first-order chi connectivity index (χ1) is 23.3. The molecule has 2 unspecified atom stereocenters. The van der Waals surface area contributed by atoms with E-state index in [9.17, 15) is 39.0 Å². The van der Waals surface area contributed by atoms with Gasteiger partial charge in [-0.05, 0) is 36.2 Å². The number of hydrogen-bond donors (Lipinski definition) is 7. The number of thioether (sulfide) groups is 1. The van der Waals surface area contributed by atoms with Crippen LogP contribution in [0.4, 0.5) is 5.69 Å². The highest BCUT2D eigenvalue weighted by Gasteiger charge is 2.41. The van der Waals surface area contributed by atoms with Crippen molar-refractivity contribution in [2.75, 3.05) is 17.2 Å². The number of carbonyl (C=O) groups is 6. The normalized spacial score (nSPS) is 16.6. The van der Waals surface area contributed by atoms with Gasteiger partial charge in [-0.15, -0.1) is 11.8 Å². The molecule has 0 spiro atoms. The third-order valence-electron chi connectivity index (χ3n) is 7.96. The number of rotatable bonds is 13. The maximum absolute atomic E-state index is 13.4. The number of phenols is 2. The molecule has 3 aromatic carbocycles. The predicted octanol–water partition coefficient (Wildman–Crippen LogP) is 1.63. The van der Waals surface area contributed by atoms with Crippen molar-refractivity contribution in [1.82, 2.24) is 10.6 Å². The van der Waals surface area contributed by atoms with Crippen molar-refractivity contribution in [1.29, 1.82) is 0 Å². The van der Waals surface area contributed by atoms with E-state index in [1.807, 2.05) is 0 Å². The molecule has 0 aromatic heterocycles. The van der Waals surface area contributed by atoms with Crippen molar-refractivity contribution in [3.63, 3.8) is 0 Å². The SMILES string of the molecule is N[C@@H](CCC(=O)NC(CSC1CC(=O)N(c2ccc(C3c4ccc(O)cc4Oc4cc(O)ccc43)cc2)C1=O)C(=O)NCC(=O)O)C(=O)O. The Bertz CT molecular complexity index is 1760. The van der Waals surface area contributed by atoms with E-state index < -0.39 is 59.4 Å². The average Bonchev–Trinajstić information content (AvgIpc) is 3.34. The number of carbonyl (C=O) groups excluding carboxylic acids is 4. The van der Waals surface area contributed by atoms with Crippen LogP contribution in [0.2, 0.25) is 0 Å². The number of aliphatic carboxylic acids is 2. The summed E-state index contributed by atoms with van der Waals surface area (Å²) in [4.78, 5) is 74.6. The minimum Gasteiger partial charge on any atom is -0.508 e. The van der Waals surface area contributed by atoms with Gasteiger partial charge in [0.05, 0.1) is 10.9 Å². The lowest BCUT2D eigenvalue weighted by molar-refractivity contribution is -0.139. The molecule has 1 saturated heterocycles. The van der Waals surface area contributed by atoms with Gasteiger partial charge < -0.3 is 41.5 Å². The molecule has 256 valence electrons. The first kappa shape index (κ1) is 34.7. The minimum absolute atomic E-state index is 0.00463. The zero-order valence-electron chi connectivity index (χ0n) is 25.7. The van der Waals surface area contributed by atoms with E-state index >= 15 is 0 Å². The van der Waals surface area contributed by atoms with Gasteiger partial charge in [-0.1, -0.05) is 24.3 Å². The summed E-state index contributed by atoms with van der Waals surface area (Å²) < 4.78 is 5.94. The number of nitrogens with zero attached hydrogens (tertiary/aromatic N) is 1. The van der Waals surface area contributed by atoms with Crippen LogP contribution in [0.3, 0.4) is 0 Å². The van der Waals surface area contributed by atoms with Crippen LogP contribution in [0.1, 0.15) is 41.9 Å². The number of amides is 4. The summed E-state index contributed by atoms with van der Waals surface area (Å²) in [5.74, 6) is -4.91. The number of fused-ring (bicyclic) bond motifs is 2. The molecule has 5 rings (SSSR count). The second-order valence-electron chi connectivity index (χ2n) is 11.4. The summed E-state index contributed by atoms with van der Waals surface area (Å²) in [6.07, 6.45) is -0.715. The predicted molar refractivity (Wildman–Crippen MR) is 174 cm³/mol. The zero-order chi connectivity index (χ0) is 35.4. The number of ether oxygens (including phenoxy) is 1. The van der Waals surface area contributed by atoms with Crippen LogP contribution in [-0.2, 0) is 28.8 Å². The van der Waals surface area contributed by atoms with Crippen LogP contribution in [0.15, 0.2) is 60.7 Å². The number of nitrogens with one attached hydrogen (secondary N) is 2. The number of anilines is 1. The molecule has 49 heavy (non-hydrogen) atoms. The lowest BCUT2D eigenvalue weighted by Crippen LogP contribution is -2.50. The smallest absolute Gasteiger partial charge is 0.322 e. The van der Waals surface area contributed by atoms with E-state index in [0.29, 0.717) is 17.2 Å². The highest BCUT2D eigenvalue weighted by molar-refractivity contribution is 8.00. The number of phenolic OH excluding ortho intramolecular Hbond substituents is 2. The van der Waals surface area contributed by atoms with E-state index in [-0.39, 0.29) is 42.4 Å². The molecule has 0 saturated carbocycles. The topological polar surface area (TPSA) is 246 Å². The molecule has 4 amide bonds. The quantitative estimate of drug-likeness (QED) is 0.0986. The number of imide groups is 1. The number of carboxylic acid groups (broad SMARTS) is 2. The van der Waals surface area contributed by atoms with E-state index in [1.54, 1.807) is 36.4 Å². The largest absolute Gasteiger partial charge is 0.508 e. The zero-order valence-corrected chi connectivity index (χ0v) is 26.5. The molecular formula is C33H32N4O11S. The van der Waals surface area contributed by atoms with E-state index in [1.165, 1.54) is 24.3 Å². The second-order valence-corrected chi connectivity index (χ2v) is 12.6. The van der Waals surface area contributed by atoms with Crippen molar-refractivity contribution in [3.05, 3.63) is 77.4 Å². The highest BCUT2D eigenvalue weighted by Crippen LogP contribution is 2.49. The Kier molecular flexibility index (Phi) is 10.4. The van der Waals surface area contributed by atoms with Gasteiger partial charge in [-0.25, -0.2) is 4.90 Å². The first-order valence-corrected chi connectivity index (χ1v) is 16.1. The molecule has 0 bridgehead atoms. The maximum Gasteiger partial charge on any atom is 0.322 e. The Morgan fingerprint density at radius 1 is 0.939 bits per heavy atom. The molecule has 1 fully saturated rings. The molecule has 3 atom stereocenters. The first-order valence-electron chi connectivity index (χ1n) is 15.0. The standard InChI is InChI=1S/C33H32N4O11S/c34-22(33(46)47)9-10-27(40)36-23(31(44)35-14-29(42)43)15-49-26-13-28(41)37(32(26)45)17-3-1-16(2-4-17)30-20-7-5-18(38)11-24(20)48-25-12-19(39)6-8-21(25)30/h1-8,11-12,22-23,26,30,38-39H,9-10,13-15,34H2,(H,35,44)(H,36,40)(H,42,43)(H,46,47)/t22-,23?,26?/m0/s1. The molecule has 15 nitrogen and oxygen atoms in total. The molecule has 3 aromatic rings. The van der Waals surface area contributed by atoms with Crippen LogP contribution < -0.4 is 26.0 Å². The van der Waals surface area contributed by atoms with Crippen LogP contribution in [0.25, 0.3) is 0 Å². The fourth-order valence-corrected chi connectivity index (χ4v) is 6.69. The van der Waals surface area contributed by atoms with Gasteiger partial charge in [0.2, 0.25) is 23.6 Å². The molecule has 8 N–H and O–H groups in total. The number of benzene rings is 3. The fraction of sp³-hybridized carbons (Fsp3) is 0.273. The number of nitrogens with two attached hydrogens (primary N) is 1. The van der Waals surface area contributed by atoms with Gasteiger partial charge in [-0.2, -0.15) is 0 Å². The third kappa shape index (κ3) is 7.93. The molecule has 0 radical (unpaired) electrons. The Labute approximate surface area is 283 Å². The number of hydrogen-bond acceptors (Lipinski definition) is 11.